The molecule has 0 radical (unpaired) electrons. The van der Waals surface area contributed by atoms with E-state index in [0.717, 1.165) is 22.6 Å². The first-order valence-corrected chi connectivity index (χ1v) is 11.6. The lowest BCUT2D eigenvalue weighted by Crippen LogP contribution is -2.15. The molecule has 0 unspecified atom stereocenters. The molecule has 2 N–H and O–H groups in total. The van der Waals surface area contributed by atoms with Gasteiger partial charge < -0.3 is 15.0 Å². The molecule has 2 heterocycles. The molecule has 7 heteroatoms. The molecule has 0 aliphatic carbocycles. The molecule has 0 saturated carbocycles. The third-order valence-corrected chi connectivity index (χ3v) is 5.76. The highest BCUT2D eigenvalue weighted by molar-refractivity contribution is 6.04. The van der Waals surface area contributed by atoms with Gasteiger partial charge in [0.2, 0.25) is 0 Å². The molecule has 1 amide bonds. The van der Waals surface area contributed by atoms with Crippen molar-refractivity contribution < 1.29 is 18.3 Å². The van der Waals surface area contributed by atoms with Gasteiger partial charge in [0.15, 0.2) is 0 Å². The van der Waals surface area contributed by atoms with Crippen LogP contribution in [-0.4, -0.2) is 23.0 Å². The summed E-state index contributed by atoms with van der Waals surface area (Å²) in [7, 11) is 1.44. The van der Waals surface area contributed by atoms with Crippen molar-refractivity contribution in [2.75, 3.05) is 12.4 Å². The average Bonchev–Trinajstić information content (AvgIpc) is 3.25. The number of amides is 1. The van der Waals surface area contributed by atoms with E-state index in [4.69, 9.17) is 4.74 Å². The van der Waals surface area contributed by atoms with Gasteiger partial charge >= 0.3 is 0 Å². The molecule has 2 aromatic carbocycles. The van der Waals surface area contributed by atoms with Crippen molar-refractivity contribution in [3.8, 4) is 28.0 Å². The number of fused-ring (bicyclic) bond motifs is 1. The molecule has 2 aromatic heterocycles. The molecule has 0 bridgehead atoms. The summed E-state index contributed by atoms with van der Waals surface area (Å²) in [6.45, 7) is 7.08. The van der Waals surface area contributed by atoms with Gasteiger partial charge in [-0.3, -0.25) is 4.79 Å². The number of carbonyl (C=O) groups excluding carboxylic acids is 1. The number of anilines is 1. The number of alkyl halides is 1. The first kappa shape index (κ1) is 25.1. The molecule has 4 aromatic rings. The number of benzene rings is 2. The number of aromatic nitrogens is 2. The monoisotopic (exact) mass is 489 g/mol. The zero-order chi connectivity index (χ0) is 26.0. The van der Waals surface area contributed by atoms with E-state index in [1.54, 1.807) is 19.3 Å². The van der Waals surface area contributed by atoms with Gasteiger partial charge in [-0.25, -0.2) is 13.8 Å². The minimum absolute atomic E-state index is 0.103. The molecule has 0 spiro atoms. The summed E-state index contributed by atoms with van der Waals surface area (Å²) in [5.41, 5.74) is 4.70. The summed E-state index contributed by atoms with van der Waals surface area (Å²) in [4.78, 5) is 20.3. The van der Waals surface area contributed by atoms with Gasteiger partial charge in [-0.15, -0.1) is 0 Å². The Hall–Kier alpha value is -4.00. The van der Waals surface area contributed by atoms with Gasteiger partial charge in [0, 0.05) is 51.3 Å². The Morgan fingerprint density at radius 2 is 1.92 bits per heavy atom. The molecule has 0 fully saturated rings. The normalized spacial score (nSPS) is 12.1. The lowest BCUT2D eigenvalue weighted by molar-refractivity contribution is -0.112. The Kier molecular flexibility index (Phi) is 6.93. The second kappa shape index (κ2) is 9.93. The zero-order valence-corrected chi connectivity index (χ0v) is 21.0. The van der Waals surface area contributed by atoms with E-state index in [9.17, 15) is 13.6 Å². The number of H-pyrrole nitrogens is 1. The second-order valence-corrected chi connectivity index (χ2v) is 9.83. The largest absolute Gasteiger partial charge is 0.496 e. The number of aromatic amines is 1. The topological polar surface area (TPSA) is 67.0 Å². The molecular formula is C29H29F2N3O2. The maximum Gasteiger partial charge on any atom is 0.250 e. The number of pyridine rings is 1. The number of nitrogens with zero attached hydrogens (tertiary/aromatic N) is 1. The van der Waals surface area contributed by atoms with Gasteiger partial charge in [0.1, 0.15) is 23.9 Å². The van der Waals surface area contributed by atoms with E-state index in [0.29, 0.717) is 28.0 Å². The van der Waals surface area contributed by atoms with Crippen LogP contribution in [0.4, 0.5) is 14.5 Å². The van der Waals surface area contributed by atoms with Gasteiger partial charge in [-0.05, 0) is 48.2 Å². The van der Waals surface area contributed by atoms with Crippen molar-refractivity contribution in [3.63, 3.8) is 0 Å². The average molecular weight is 490 g/mol. The highest BCUT2D eigenvalue weighted by atomic mass is 19.1. The lowest BCUT2D eigenvalue weighted by atomic mass is 9.93. The maximum atomic E-state index is 14.3. The summed E-state index contributed by atoms with van der Waals surface area (Å²) in [6.07, 6.45) is 5.37. The van der Waals surface area contributed by atoms with Crippen LogP contribution in [0.2, 0.25) is 0 Å². The number of ether oxygens (including phenoxy) is 1. The minimum Gasteiger partial charge on any atom is -0.496 e. The Bertz CT molecular complexity index is 1470. The third kappa shape index (κ3) is 5.30. The number of hydrogen-bond donors (Lipinski definition) is 2. The van der Waals surface area contributed by atoms with Gasteiger partial charge in [-0.1, -0.05) is 39.0 Å². The van der Waals surface area contributed by atoms with E-state index in [2.05, 4.69) is 15.3 Å². The van der Waals surface area contributed by atoms with Crippen molar-refractivity contribution in [2.45, 2.75) is 34.4 Å². The van der Waals surface area contributed by atoms with Crippen molar-refractivity contribution in [1.82, 2.24) is 9.97 Å². The van der Waals surface area contributed by atoms with Crippen LogP contribution in [-0.2, 0) is 11.5 Å². The number of hydrogen-bond acceptors (Lipinski definition) is 3. The van der Waals surface area contributed by atoms with Crippen molar-refractivity contribution in [3.05, 3.63) is 77.9 Å². The Labute approximate surface area is 209 Å². The second-order valence-electron chi connectivity index (χ2n) is 9.83. The highest BCUT2D eigenvalue weighted by Gasteiger charge is 2.18. The minimum atomic E-state index is -0.845. The van der Waals surface area contributed by atoms with Crippen LogP contribution >= 0.6 is 0 Å². The van der Waals surface area contributed by atoms with Gasteiger partial charge in [0.05, 0.1) is 7.11 Å². The van der Waals surface area contributed by atoms with Crippen molar-refractivity contribution in [1.29, 1.82) is 0 Å². The van der Waals surface area contributed by atoms with Crippen LogP contribution in [0.5, 0.6) is 5.75 Å². The number of nitrogens with one attached hydrogen (secondary N) is 2. The summed E-state index contributed by atoms with van der Waals surface area (Å²) in [5.74, 6) is -0.421. The smallest absolute Gasteiger partial charge is 0.250 e. The number of methoxy groups -OCH3 is 1. The van der Waals surface area contributed by atoms with E-state index in [1.165, 1.54) is 13.2 Å². The number of carbonyl (C=O) groups is 1. The van der Waals surface area contributed by atoms with Crippen LogP contribution in [0.1, 0.15) is 33.3 Å². The van der Waals surface area contributed by atoms with Crippen LogP contribution in [0, 0.1) is 11.2 Å². The molecule has 0 atom stereocenters. The number of halogens is 2. The van der Waals surface area contributed by atoms with Crippen LogP contribution in [0.3, 0.4) is 0 Å². The van der Waals surface area contributed by atoms with Crippen molar-refractivity contribution >= 4 is 22.6 Å². The third-order valence-electron chi connectivity index (χ3n) is 5.76. The Balaban J connectivity index is 1.72. The summed E-state index contributed by atoms with van der Waals surface area (Å²) in [6, 6.07) is 11.9. The fourth-order valence-electron chi connectivity index (χ4n) is 4.30. The highest BCUT2D eigenvalue weighted by Crippen LogP contribution is 2.39. The maximum absolute atomic E-state index is 14.3. The van der Waals surface area contributed by atoms with Crippen LogP contribution < -0.4 is 10.1 Å². The standard InChI is InChI=1S/C29H29F2N3O2/c1-17(13-29(2,3)4)28(35)34-22-8-6-7-18(10-22)20-11-24-25(16-33-27(24)32-15-20)23-12-21(31)9-19(14-30)26(23)36-5/h6-13,15-16H,14H2,1-5H3,(H,32,33)(H,34,35)/b17-13+. The SMILES string of the molecule is COc1c(CF)cc(F)cc1-c1c[nH]c2ncc(-c3cccc(NC(=O)/C(C)=C/C(C)(C)C)c3)cc12. The van der Waals surface area contributed by atoms with E-state index in [-0.39, 0.29) is 22.6 Å². The van der Waals surface area contributed by atoms with Crippen LogP contribution in [0.15, 0.2) is 66.5 Å². The summed E-state index contributed by atoms with van der Waals surface area (Å²) in [5, 5.41) is 3.69. The molecule has 186 valence electrons. The molecule has 4 rings (SSSR count). The molecule has 0 saturated heterocycles. The first-order chi connectivity index (χ1) is 17.1. The van der Waals surface area contributed by atoms with Gasteiger partial charge in [-0.2, -0.15) is 0 Å². The molecule has 5 nitrogen and oxygen atoms in total. The Morgan fingerprint density at radius 1 is 1.14 bits per heavy atom. The fraction of sp³-hybridized carbons (Fsp3) is 0.241. The van der Waals surface area contributed by atoms with Gasteiger partial charge in [0.25, 0.3) is 5.91 Å². The molecule has 0 aliphatic rings. The van der Waals surface area contributed by atoms with Crippen molar-refractivity contribution in [2.24, 2.45) is 5.41 Å². The zero-order valence-electron chi connectivity index (χ0n) is 21.0. The quantitative estimate of drug-likeness (QED) is 0.277. The molecular weight excluding hydrogens is 460 g/mol. The number of allylic oxidation sites excluding steroid dienone is 1. The Morgan fingerprint density at radius 3 is 2.61 bits per heavy atom. The van der Waals surface area contributed by atoms with E-state index >= 15 is 0 Å². The lowest BCUT2D eigenvalue weighted by Gasteiger charge is -2.14. The fourth-order valence-corrected chi connectivity index (χ4v) is 4.30. The van der Waals surface area contributed by atoms with E-state index in [1.807, 2.05) is 57.2 Å². The summed E-state index contributed by atoms with van der Waals surface area (Å²) < 4.78 is 33.2. The van der Waals surface area contributed by atoms with Crippen LogP contribution in [0.25, 0.3) is 33.3 Å². The molecule has 36 heavy (non-hydrogen) atoms. The predicted molar refractivity (Wildman–Crippen MR) is 140 cm³/mol. The first-order valence-electron chi connectivity index (χ1n) is 11.6. The number of rotatable bonds is 6. The molecule has 0 aliphatic heterocycles. The summed E-state index contributed by atoms with van der Waals surface area (Å²) >= 11 is 0. The van der Waals surface area contributed by atoms with E-state index < -0.39 is 12.5 Å². The predicted octanol–water partition coefficient (Wildman–Crippen LogP) is 7.45.